The van der Waals surface area contributed by atoms with E-state index in [1.807, 2.05) is 0 Å². The van der Waals surface area contributed by atoms with Gasteiger partial charge >= 0.3 is 253 Å². The molecular formula is C39H39Zr. The Kier molecular flexibility index (Phi) is 7.87. The summed E-state index contributed by atoms with van der Waals surface area (Å²) in [4.78, 5) is 0. The zero-order valence-corrected chi connectivity index (χ0v) is 26.8. The summed E-state index contributed by atoms with van der Waals surface area (Å²) in [5.41, 5.74) is 12.2. The van der Waals surface area contributed by atoms with Crippen LogP contribution in [-0.4, -0.2) is 3.21 Å². The molecule has 0 fully saturated rings. The predicted molar refractivity (Wildman–Crippen MR) is 168 cm³/mol. The van der Waals surface area contributed by atoms with E-state index in [0.717, 1.165) is 32.1 Å². The summed E-state index contributed by atoms with van der Waals surface area (Å²) in [5, 5.41) is 2.99. The molecule has 0 bridgehead atoms. The molecule has 1 heteroatoms. The Hall–Kier alpha value is -2.89. The molecule has 0 heterocycles. The van der Waals surface area contributed by atoms with Gasteiger partial charge in [0.05, 0.1) is 0 Å². The standard InChI is InChI=1S/C26H29.C13H10.Zr/c1-5-18-13-14-22-21(15-18)16-23-24(22)19(6-2)17-26(7-3,8-4)25(23)20-11-9-10-12-20;1-3-7-12(8-4-1)11-13-9-5-2-6-10-13;/h9-11,13-15,17H,5-8,12H2,1-4H3;1-10H;. The van der Waals surface area contributed by atoms with E-state index in [2.05, 4.69) is 131 Å². The van der Waals surface area contributed by atoms with E-state index in [0.29, 0.717) is 0 Å². The third-order valence-corrected chi connectivity index (χ3v) is 13.1. The molecule has 0 aliphatic heterocycles. The van der Waals surface area contributed by atoms with Crippen LogP contribution in [0, 0.1) is 5.41 Å². The van der Waals surface area contributed by atoms with Crippen LogP contribution < -0.4 is 10.4 Å². The van der Waals surface area contributed by atoms with Crippen molar-refractivity contribution < 1.29 is 22.8 Å². The zero-order chi connectivity index (χ0) is 27.7. The van der Waals surface area contributed by atoms with Gasteiger partial charge in [0.1, 0.15) is 0 Å². The van der Waals surface area contributed by atoms with Crippen LogP contribution in [0.3, 0.4) is 0 Å². The molecule has 0 saturated heterocycles. The second-order valence-electron chi connectivity index (χ2n) is 11.2. The van der Waals surface area contributed by atoms with Crippen molar-refractivity contribution in [3.05, 3.63) is 153 Å². The molecule has 0 amide bonds. The summed E-state index contributed by atoms with van der Waals surface area (Å²) < 4.78 is 3.25. The molecule has 0 atom stereocenters. The van der Waals surface area contributed by atoms with E-state index in [1.54, 1.807) is 23.2 Å². The number of benzene rings is 3. The molecule has 0 radical (unpaired) electrons. The molecule has 6 rings (SSSR count). The normalized spacial score (nSPS) is 16.9. The van der Waals surface area contributed by atoms with Crippen molar-refractivity contribution in [1.82, 2.24) is 0 Å². The fourth-order valence-corrected chi connectivity index (χ4v) is 10.8. The van der Waals surface area contributed by atoms with Gasteiger partial charge in [-0.05, 0) is 0 Å². The van der Waals surface area contributed by atoms with Crippen molar-refractivity contribution in [2.45, 2.75) is 59.8 Å². The van der Waals surface area contributed by atoms with Crippen molar-refractivity contribution in [2.75, 3.05) is 0 Å². The van der Waals surface area contributed by atoms with Gasteiger partial charge in [0.25, 0.3) is 0 Å². The van der Waals surface area contributed by atoms with Crippen LogP contribution in [0.2, 0.25) is 0 Å². The van der Waals surface area contributed by atoms with Gasteiger partial charge in [-0.3, -0.25) is 0 Å². The van der Waals surface area contributed by atoms with E-state index < -0.39 is 22.8 Å². The molecule has 3 aromatic rings. The molecule has 0 nitrogen and oxygen atoms in total. The summed E-state index contributed by atoms with van der Waals surface area (Å²) in [6.07, 6.45) is 15.2. The van der Waals surface area contributed by atoms with Crippen LogP contribution in [0.4, 0.5) is 0 Å². The van der Waals surface area contributed by atoms with Crippen molar-refractivity contribution in [1.29, 1.82) is 0 Å². The minimum atomic E-state index is -1.26. The molecule has 40 heavy (non-hydrogen) atoms. The topological polar surface area (TPSA) is 0 Å². The van der Waals surface area contributed by atoms with E-state index >= 15 is 0 Å². The molecule has 3 aliphatic carbocycles. The van der Waals surface area contributed by atoms with E-state index in [1.165, 1.54) is 38.3 Å². The van der Waals surface area contributed by atoms with Gasteiger partial charge in [0.15, 0.2) is 0 Å². The van der Waals surface area contributed by atoms with E-state index in [9.17, 15) is 0 Å². The van der Waals surface area contributed by atoms with Gasteiger partial charge in [-0.15, -0.1) is 0 Å². The molecule has 199 valence electrons. The van der Waals surface area contributed by atoms with Gasteiger partial charge in [0, 0.05) is 0 Å². The Bertz CT molecular complexity index is 1680. The second kappa shape index (κ2) is 11.5. The van der Waals surface area contributed by atoms with Gasteiger partial charge in [0.2, 0.25) is 0 Å². The van der Waals surface area contributed by atoms with Crippen LogP contribution in [0.5, 0.6) is 0 Å². The number of allylic oxidation sites excluding steroid dienone is 8. The van der Waals surface area contributed by atoms with Crippen LogP contribution in [0.25, 0.3) is 8.85 Å². The molecule has 0 N–H and O–H groups in total. The summed E-state index contributed by atoms with van der Waals surface area (Å²) in [7, 11) is 0. The first kappa shape index (κ1) is 27.3. The monoisotopic (exact) mass is 597 g/mol. The van der Waals surface area contributed by atoms with Crippen molar-refractivity contribution in [2.24, 2.45) is 5.41 Å². The Balaban J connectivity index is 1.78. The predicted octanol–water partition coefficient (Wildman–Crippen LogP) is 8.21. The minimum absolute atomic E-state index is 0.0853. The van der Waals surface area contributed by atoms with Gasteiger partial charge < -0.3 is 0 Å². The van der Waals surface area contributed by atoms with Crippen LogP contribution >= 0.6 is 0 Å². The van der Waals surface area contributed by atoms with Crippen LogP contribution in [0.15, 0.2) is 125 Å². The van der Waals surface area contributed by atoms with Gasteiger partial charge in [-0.25, -0.2) is 0 Å². The molecule has 0 spiro atoms. The third-order valence-electron chi connectivity index (χ3n) is 9.16. The molecule has 3 aliphatic rings. The summed E-state index contributed by atoms with van der Waals surface area (Å²) >= 11 is -1.26. The average Bonchev–Trinajstić information content (AvgIpc) is 3.66. The molecule has 0 saturated carbocycles. The quantitative estimate of drug-likeness (QED) is 0.245. The molecule has 0 unspecified atom stereocenters. The molecule has 3 aromatic carbocycles. The third kappa shape index (κ3) is 4.61. The van der Waals surface area contributed by atoms with Gasteiger partial charge in [-0.2, -0.15) is 0 Å². The Morgan fingerprint density at radius 1 is 0.750 bits per heavy atom. The van der Waals surface area contributed by atoms with Crippen molar-refractivity contribution >= 4 is 12.1 Å². The number of aryl methyl sites for hydroxylation is 1. The van der Waals surface area contributed by atoms with E-state index in [-0.39, 0.29) is 5.41 Å². The number of hydrogen-bond acceptors (Lipinski definition) is 0. The summed E-state index contributed by atoms with van der Waals surface area (Å²) in [5.74, 6) is 0. The molecular weight excluding hydrogens is 560 g/mol. The summed E-state index contributed by atoms with van der Waals surface area (Å²) in [6.45, 7) is 9.46. The first-order chi connectivity index (χ1) is 19.6. The first-order valence-electron chi connectivity index (χ1n) is 15.1. The Labute approximate surface area is 251 Å². The maximum atomic E-state index is 2.69. The average molecular weight is 599 g/mol. The first-order valence-corrected chi connectivity index (χ1v) is 17.6. The zero-order valence-electron chi connectivity index (χ0n) is 24.4. The molecule has 0 aromatic heterocycles. The van der Waals surface area contributed by atoms with Crippen molar-refractivity contribution in [3.8, 4) is 0 Å². The maximum absolute atomic E-state index is 2.69. The Morgan fingerprint density at radius 3 is 1.98 bits per heavy atom. The number of fused-ring (bicyclic) bond motifs is 2. The van der Waals surface area contributed by atoms with Crippen LogP contribution in [0.1, 0.15) is 70.1 Å². The number of rotatable bonds is 8. The Morgan fingerprint density at radius 2 is 1.43 bits per heavy atom. The SMILES string of the molecule is CCC1=CC(CC)(CC)C(C2=CC=CC2)=C2[C]([Zr]=[C](c3ccccc3)c3ccccc3)=c3cc(CC)ccc3=C12. The van der Waals surface area contributed by atoms with Gasteiger partial charge in [-0.1, -0.05) is 0 Å². The summed E-state index contributed by atoms with van der Waals surface area (Å²) in [6, 6.07) is 29.8. The van der Waals surface area contributed by atoms with E-state index in [4.69, 9.17) is 0 Å². The number of hydrogen-bond donors (Lipinski definition) is 0. The van der Waals surface area contributed by atoms with Crippen molar-refractivity contribution in [3.63, 3.8) is 0 Å². The second-order valence-corrected chi connectivity index (χ2v) is 14.2. The fraction of sp³-hybridized carbons (Fsp3) is 0.256. The fourth-order valence-electron chi connectivity index (χ4n) is 6.92. The van der Waals surface area contributed by atoms with Crippen LogP contribution in [-0.2, 0) is 29.2 Å².